The molecule has 1 aliphatic rings. The van der Waals surface area contributed by atoms with Gasteiger partial charge in [-0.05, 0) is 36.8 Å². The van der Waals surface area contributed by atoms with E-state index in [4.69, 9.17) is 14.6 Å². The van der Waals surface area contributed by atoms with Crippen LogP contribution in [-0.4, -0.2) is 71.3 Å². The van der Waals surface area contributed by atoms with E-state index < -0.39 is 17.6 Å². The molecule has 3 N–H and O–H groups in total. The summed E-state index contributed by atoms with van der Waals surface area (Å²) in [7, 11) is 1.58. The van der Waals surface area contributed by atoms with E-state index in [1.807, 2.05) is 6.92 Å². The highest BCUT2D eigenvalue weighted by Gasteiger charge is 2.39. The number of hydrogen-bond donors (Lipinski definition) is 3. The summed E-state index contributed by atoms with van der Waals surface area (Å²) in [5.41, 5.74) is 0.585. The normalized spacial score (nSPS) is 18.7. The molecule has 0 bridgehead atoms. The minimum atomic E-state index is -1.30. The van der Waals surface area contributed by atoms with Crippen LogP contribution in [0.15, 0.2) is 41.2 Å². The van der Waals surface area contributed by atoms with Gasteiger partial charge < -0.3 is 29.8 Å². The molecule has 10 nitrogen and oxygen atoms in total. The number of H-pyrrole nitrogens is 1. The van der Waals surface area contributed by atoms with Crippen LogP contribution in [0.3, 0.4) is 0 Å². The number of benzene rings is 1. The summed E-state index contributed by atoms with van der Waals surface area (Å²) in [6.07, 6.45) is -0.0312. The van der Waals surface area contributed by atoms with E-state index in [1.165, 1.54) is 24.0 Å². The Hall–Kier alpha value is -3.50. The number of carbonyl (C=O) groups is 3. The number of carbonyl (C=O) groups excluding carboxylic acids is 2. The summed E-state index contributed by atoms with van der Waals surface area (Å²) in [6.45, 7) is 4.05. The summed E-state index contributed by atoms with van der Waals surface area (Å²) in [5, 5.41) is 11.8. The minimum absolute atomic E-state index is 0.154. The van der Waals surface area contributed by atoms with E-state index in [2.05, 4.69) is 10.3 Å². The molecule has 2 heterocycles. The first kappa shape index (κ1) is 24.1. The van der Waals surface area contributed by atoms with Gasteiger partial charge in [-0.1, -0.05) is 12.1 Å². The van der Waals surface area contributed by atoms with E-state index in [9.17, 15) is 19.2 Å². The van der Waals surface area contributed by atoms with Crippen molar-refractivity contribution in [2.75, 3.05) is 25.6 Å². The molecule has 0 radical (unpaired) electrons. The maximum atomic E-state index is 12.9. The van der Waals surface area contributed by atoms with E-state index >= 15 is 0 Å². The van der Waals surface area contributed by atoms with Crippen LogP contribution >= 0.6 is 0 Å². The molecule has 176 valence electrons. The Morgan fingerprint density at radius 2 is 1.91 bits per heavy atom. The molecule has 1 saturated heterocycles. The molecule has 3 rings (SSSR count). The summed E-state index contributed by atoms with van der Waals surface area (Å²) >= 11 is 0. The van der Waals surface area contributed by atoms with E-state index in [-0.39, 0.29) is 29.6 Å². The van der Waals surface area contributed by atoms with Crippen LogP contribution in [0, 0.1) is 0 Å². The van der Waals surface area contributed by atoms with Crippen molar-refractivity contribution in [3.63, 3.8) is 0 Å². The lowest BCUT2D eigenvalue weighted by Gasteiger charge is -2.22. The van der Waals surface area contributed by atoms with Gasteiger partial charge in [-0.25, -0.2) is 4.79 Å². The molecule has 1 aromatic carbocycles. The average molecular weight is 457 g/mol. The second kappa shape index (κ2) is 10.4. The maximum Gasteiger partial charge on any atom is 0.341 e. The second-order valence-corrected chi connectivity index (χ2v) is 7.93. The van der Waals surface area contributed by atoms with Crippen LogP contribution in [0.1, 0.15) is 30.6 Å². The molecule has 1 fully saturated rings. The van der Waals surface area contributed by atoms with Crippen molar-refractivity contribution in [1.29, 1.82) is 0 Å². The quantitative estimate of drug-likeness (QED) is 0.549. The van der Waals surface area contributed by atoms with Crippen LogP contribution in [-0.2, 0) is 19.1 Å². The molecule has 0 aliphatic carbocycles. The molecule has 1 aliphatic heterocycles. The van der Waals surface area contributed by atoms with Gasteiger partial charge in [0.1, 0.15) is 11.6 Å². The number of amides is 2. The predicted octanol–water partition coefficient (Wildman–Crippen LogP) is 1.72. The van der Waals surface area contributed by atoms with Gasteiger partial charge in [0.25, 0.3) is 5.56 Å². The first-order chi connectivity index (χ1) is 15.7. The molecule has 2 amide bonds. The molecule has 33 heavy (non-hydrogen) atoms. The van der Waals surface area contributed by atoms with E-state index in [0.29, 0.717) is 36.5 Å². The number of rotatable bonds is 8. The Labute approximate surface area is 190 Å². The number of nitrogens with zero attached hydrogens (tertiary/aromatic N) is 1. The number of carboxylic acids is 1. The average Bonchev–Trinajstić information content (AvgIpc) is 3.18. The van der Waals surface area contributed by atoms with Crippen LogP contribution in [0.25, 0.3) is 11.3 Å². The summed E-state index contributed by atoms with van der Waals surface area (Å²) < 4.78 is 11.0. The molecule has 0 spiro atoms. The van der Waals surface area contributed by atoms with Crippen molar-refractivity contribution < 1.29 is 29.0 Å². The van der Waals surface area contributed by atoms with Crippen LogP contribution < -0.4 is 10.9 Å². The molecule has 0 saturated carbocycles. The second-order valence-electron chi connectivity index (χ2n) is 7.93. The lowest BCUT2D eigenvalue weighted by molar-refractivity contribution is -0.135. The van der Waals surface area contributed by atoms with Crippen LogP contribution in [0.2, 0.25) is 0 Å². The van der Waals surface area contributed by atoms with Crippen molar-refractivity contribution >= 4 is 23.5 Å². The van der Waals surface area contributed by atoms with Crippen molar-refractivity contribution in [3.8, 4) is 11.3 Å². The van der Waals surface area contributed by atoms with Crippen molar-refractivity contribution in [2.45, 2.75) is 38.5 Å². The number of likely N-dealkylation sites (tertiary alicyclic amines) is 1. The van der Waals surface area contributed by atoms with Gasteiger partial charge in [0.05, 0.1) is 18.8 Å². The fourth-order valence-electron chi connectivity index (χ4n) is 3.86. The van der Waals surface area contributed by atoms with Crippen molar-refractivity contribution in [2.24, 2.45) is 0 Å². The smallest absolute Gasteiger partial charge is 0.341 e. The largest absolute Gasteiger partial charge is 0.477 e. The third kappa shape index (κ3) is 5.85. The minimum Gasteiger partial charge on any atom is -0.477 e. The Morgan fingerprint density at radius 1 is 1.21 bits per heavy atom. The van der Waals surface area contributed by atoms with Gasteiger partial charge in [-0.15, -0.1) is 0 Å². The Balaban J connectivity index is 1.68. The van der Waals surface area contributed by atoms with Crippen molar-refractivity contribution in [1.82, 2.24) is 9.88 Å². The van der Waals surface area contributed by atoms with Gasteiger partial charge in [0.2, 0.25) is 11.8 Å². The number of anilines is 1. The fraction of sp³-hybridized carbons (Fsp3) is 0.391. The third-order valence-corrected chi connectivity index (χ3v) is 5.40. The van der Waals surface area contributed by atoms with E-state index in [1.54, 1.807) is 31.4 Å². The monoisotopic (exact) mass is 457 g/mol. The predicted molar refractivity (Wildman–Crippen MR) is 120 cm³/mol. The first-order valence-electron chi connectivity index (χ1n) is 10.5. The molecule has 1 aromatic heterocycles. The molecular formula is C23H27N3O7. The zero-order chi connectivity index (χ0) is 24.1. The number of aromatic carboxylic acids is 1. The lowest BCUT2D eigenvalue weighted by atomic mass is 10.1. The Kier molecular flexibility index (Phi) is 7.62. The number of nitrogens with one attached hydrogen (secondary N) is 2. The molecule has 10 heteroatoms. The van der Waals surface area contributed by atoms with Gasteiger partial charge in [-0.2, -0.15) is 0 Å². The zero-order valence-electron chi connectivity index (χ0n) is 18.7. The summed E-state index contributed by atoms with van der Waals surface area (Å²) in [6, 6.07) is 8.81. The molecule has 3 atom stereocenters. The van der Waals surface area contributed by atoms with Crippen LogP contribution in [0.5, 0.6) is 0 Å². The third-order valence-electron chi connectivity index (χ3n) is 5.40. The first-order valence-corrected chi connectivity index (χ1v) is 10.5. The van der Waals surface area contributed by atoms with Crippen molar-refractivity contribution in [3.05, 3.63) is 52.3 Å². The Bertz CT molecular complexity index is 1080. The summed E-state index contributed by atoms with van der Waals surface area (Å²) in [5.74, 6) is -1.82. The number of aromatic amines is 1. The lowest BCUT2D eigenvalue weighted by Crippen LogP contribution is -2.42. The SMILES string of the molecule is COCC(C)OC1C[C@@H](C(=O)Nc2ccc(-c3ccc(C(=O)O)c(=O)[nH]3)cc2)N(C(C)=O)C1. The van der Waals surface area contributed by atoms with Gasteiger partial charge in [0, 0.05) is 38.4 Å². The molecular weight excluding hydrogens is 430 g/mol. The number of carboxylic acid groups (broad SMARTS) is 1. The summed E-state index contributed by atoms with van der Waals surface area (Å²) in [4.78, 5) is 51.9. The number of ether oxygens (including phenoxy) is 2. The molecule has 2 unspecified atom stereocenters. The highest BCUT2D eigenvalue weighted by Crippen LogP contribution is 2.24. The Morgan fingerprint density at radius 3 is 2.48 bits per heavy atom. The maximum absolute atomic E-state index is 12.9. The zero-order valence-corrected chi connectivity index (χ0v) is 18.7. The number of hydrogen-bond acceptors (Lipinski definition) is 6. The van der Waals surface area contributed by atoms with Gasteiger partial charge in [0.15, 0.2) is 0 Å². The highest BCUT2D eigenvalue weighted by molar-refractivity contribution is 5.97. The fourth-order valence-corrected chi connectivity index (χ4v) is 3.86. The topological polar surface area (TPSA) is 138 Å². The van der Waals surface area contributed by atoms with Gasteiger partial charge >= 0.3 is 5.97 Å². The highest BCUT2D eigenvalue weighted by atomic mass is 16.5. The number of pyridine rings is 1. The number of aromatic nitrogens is 1. The van der Waals surface area contributed by atoms with Crippen LogP contribution in [0.4, 0.5) is 5.69 Å². The van der Waals surface area contributed by atoms with E-state index in [0.717, 1.165) is 0 Å². The number of methoxy groups -OCH3 is 1. The standard InChI is InChI=1S/C23H27N3O7/c1-13(12-32-3)33-17-10-20(26(11-17)14(2)27)22(29)24-16-6-4-15(5-7-16)19-9-8-18(23(30)31)21(28)25-19/h4-9,13,17,20H,10-12H2,1-3H3,(H,24,29)(H,25,28)(H,30,31)/t13?,17?,20-/m0/s1. The molecule has 2 aromatic rings. The van der Waals surface area contributed by atoms with Gasteiger partial charge in [-0.3, -0.25) is 14.4 Å².